The molecule has 3 aromatic rings. The van der Waals surface area contributed by atoms with E-state index >= 15 is 0 Å². The van der Waals surface area contributed by atoms with Crippen LogP contribution >= 0.6 is 0 Å². The van der Waals surface area contributed by atoms with Crippen molar-refractivity contribution in [1.29, 1.82) is 5.26 Å². The molecule has 0 fully saturated rings. The molecule has 4 nitrogen and oxygen atoms in total. The fourth-order valence-corrected chi connectivity index (χ4v) is 2.67. The van der Waals surface area contributed by atoms with E-state index in [1.807, 2.05) is 72.8 Å². The fraction of sp³-hybridized carbons (Fsp3) is 0.0952. The zero-order valence-electron chi connectivity index (χ0n) is 13.5. The maximum atomic E-state index is 9.97. The Morgan fingerprint density at radius 1 is 0.680 bits per heavy atom. The minimum atomic E-state index is -1.44. The zero-order valence-corrected chi connectivity index (χ0v) is 13.5. The Morgan fingerprint density at radius 3 is 1.56 bits per heavy atom. The van der Waals surface area contributed by atoms with Crippen LogP contribution in [0, 0.1) is 11.3 Å². The predicted molar refractivity (Wildman–Crippen MR) is 97.7 cm³/mol. The van der Waals surface area contributed by atoms with Crippen molar-refractivity contribution in [2.24, 2.45) is 0 Å². The summed E-state index contributed by atoms with van der Waals surface area (Å²) in [6.07, 6.45) is -2.66. The molecule has 0 heterocycles. The number of benzene rings is 3. The number of nitrogens with zero attached hydrogens (tertiary/aromatic N) is 2. The molecule has 0 radical (unpaired) electrons. The van der Waals surface area contributed by atoms with Gasteiger partial charge in [0.1, 0.15) is 6.10 Å². The van der Waals surface area contributed by atoms with Gasteiger partial charge in [-0.1, -0.05) is 48.5 Å². The molecule has 2 N–H and O–H groups in total. The van der Waals surface area contributed by atoms with E-state index in [1.54, 1.807) is 18.2 Å². The van der Waals surface area contributed by atoms with Crippen molar-refractivity contribution in [2.45, 2.75) is 12.2 Å². The minimum absolute atomic E-state index is 0.499. The van der Waals surface area contributed by atoms with E-state index in [-0.39, 0.29) is 0 Å². The number of nitriles is 1. The van der Waals surface area contributed by atoms with Crippen molar-refractivity contribution < 1.29 is 10.2 Å². The van der Waals surface area contributed by atoms with Gasteiger partial charge in [-0.2, -0.15) is 5.26 Å². The molecule has 0 saturated carbocycles. The fourth-order valence-electron chi connectivity index (χ4n) is 2.67. The minimum Gasteiger partial charge on any atom is -0.385 e. The van der Waals surface area contributed by atoms with Gasteiger partial charge < -0.3 is 15.1 Å². The Bertz CT molecular complexity index is 803. The molecule has 4 heteroatoms. The summed E-state index contributed by atoms with van der Waals surface area (Å²) in [7, 11) is 0. The van der Waals surface area contributed by atoms with Crippen LogP contribution in [0.1, 0.15) is 11.7 Å². The summed E-state index contributed by atoms with van der Waals surface area (Å²) in [6.45, 7) is 0. The van der Waals surface area contributed by atoms with E-state index < -0.39 is 12.2 Å². The van der Waals surface area contributed by atoms with Gasteiger partial charge in [-0.15, -0.1) is 0 Å². The molecule has 0 aliphatic heterocycles. The highest BCUT2D eigenvalue weighted by Gasteiger charge is 2.18. The largest absolute Gasteiger partial charge is 0.385 e. The lowest BCUT2D eigenvalue weighted by molar-refractivity contribution is 0.0528. The van der Waals surface area contributed by atoms with Gasteiger partial charge in [0, 0.05) is 17.1 Å². The van der Waals surface area contributed by atoms with E-state index in [4.69, 9.17) is 5.26 Å². The topological polar surface area (TPSA) is 67.5 Å². The van der Waals surface area contributed by atoms with Crippen LogP contribution in [0.2, 0.25) is 0 Å². The molecule has 0 amide bonds. The molecule has 0 aliphatic rings. The van der Waals surface area contributed by atoms with Gasteiger partial charge in [0.05, 0.1) is 6.07 Å². The molecule has 0 aliphatic carbocycles. The number of para-hydroxylation sites is 2. The second-order valence-corrected chi connectivity index (χ2v) is 5.62. The maximum absolute atomic E-state index is 9.97. The molecular formula is C21H18N2O2. The first-order valence-electron chi connectivity index (χ1n) is 7.96. The van der Waals surface area contributed by atoms with E-state index in [2.05, 4.69) is 4.90 Å². The second kappa shape index (κ2) is 7.63. The van der Waals surface area contributed by atoms with Gasteiger partial charge in [0.2, 0.25) is 0 Å². The van der Waals surface area contributed by atoms with Crippen LogP contribution in [0.5, 0.6) is 0 Å². The molecule has 25 heavy (non-hydrogen) atoms. The van der Waals surface area contributed by atoms with Gasteiger partial charge in [-0.25, -0.2) is 0 Å². The van der Waals surface area contributed by atoms with Crippen molar-refractivity contribution >= 4 is 17.1 Å². The number of anilines is 3. The summed E-state index contributed by atoms with van der Waals surface area (Å²) < 4.78 is 0. The summed E-state index contributed by atoms with van der Waals surface area (Å²) in [5.74, 6) is 0. The van der Waals surface area contributed by atoms with Gasteiger partial charge in [0.25, 0.3) is 0 Å². The molecule has 3 rings (SSSR count). The molecule has 0 saturated heterocycles. The van der Waals surface area contributed by atoms with Crippen LogP contribution in [-0.4, -0.2) is 16.3 Å². The van der Waals surface area contributed by atoms with E-state index in [0.29, 0.717) is 5.56 Å². The average molecular weight is 330 g/mol. The Balaban J connectivity index is 1.99. The Labute approximate surface area is 146 Å². The summed E-state index contributed by atoms with van der Waals surface area (Å²) >= 11 is 0. The smallest absolute Gasteiger partial charge is 0.170 e. The summed E-state index contributed by atoms with van der Waals surface area (Å²) in [4.78, 5) is 2.09. The molecule has 124 valence electrons. The number of rotatable bonds is 5. The van der Waals surface area contributed by atoms with Crippen LogP contribution < -0.4 is 4.90 Å². The third-order valence-electron chi connectivity index (χ3n) is 3.95. The third kappa shape index (κ3) is 3.69. The SMILES string of the molecule is N#CC(O)C(O)c1ccc(N(c2ccccc2)c2ccccc2)cc1. The summed E-state index contributed by atoms with van der Waals surface area (Å²) in [5, 5.41) is 28.2. The molecule has 0 spiro atoms. The van der Waals surface area contributed by atoms with Crippen molar-refractivity contribution in [2.75, 3.05) is 4.90 Å². The van der Waals surface area contributed by atoms with E-state index in [9.17, 15) is 10.2 Å². The summed E-state index contributed by atoms with van der Waals surface area (Å²) in [5.41, 5.74) is 3.44. The molecule has 3 aromatic carbocycles. The summed E-state index contributed by atoms with van der Waals surface area (Å²) in [6, 6.07) is 28.8. The van der Waals surface area contributed by atoms with Gasteiger partial charge in [-0.3, -0.25) is 0 Å². The first kappa shape index (κ1) is 16.7. The van der Waals surface area contributed by atoms with E-state index in [0.717, 1.165) is 17.1 Å². The lowest BCUT2D eigenvalue weighted by atomic mass is 10.0. The number of hydrogen-bond acceptors (Lipinski definition) is 4. The maximum Gasteiger partial charge on any atom is 0.170 e. The lowest BCUT2D eigenvalue weighted by Crippen LogP contribution is -2.16. The van der Waals surface area contributed by atoms with Crippen molar-refractivity contribution in [3.8, 4) is 6.07 Å². The normalized spacial score (nSPS) is 12.8. The van der Waals surface area contributed by atoms with Crippen LogP contribution in [0.3, 0.4) is 0 Å². The molecule has 0 bridgehead atoms. The molecule has 2 unspecified atom stereocenters. The highest BCUT2D eigenvalue weighted by molar-refractivity contribution is 5.76. The van der Waals surface area contributed by atoms with Gasteiger partial charge in [-0.05, 0) is 42.0 Å². The monoisotopic (exact) mass is 330 g/mol. The second-order valence-electron chi connectivity index (χ2n) is 5.62. The van der Waals surface area contributed by atoms with Crippen LogP contribution in [0.4, 0.5) is 17.1 Å². The quantitative estimate of drug-likeness (QED) is 0.692. The lowest BCUT2D eigenvalue weighted by Gasteiger charge is -2.25. The number of aliphatic hydroxyl groups excluding tert-OH is 2. The van der Waals surface area contributed by atoms with Crippen LogP contribution in [-0.2, 0) is 0 Å². The van der Waals surface area contributed by atoms with Crippen molar-refractivity contribution in [3.05, 3.63) is 90.5 Å². The zero-order chi connectivity index (χ0) is 17.6. The third-order valence-corrected chi connectivity index (χ3v) is 3.95. The van der Waals surface area contributed by atoms with Crippen LogP contribution in [0.25, 0.3) is 0 Å². The van der Waals surface area contributed by atoms with Gasteiger partial charge >= 0.3 is 0 Å². The standard InChI is InChI=1S/C21H18N2O2/c22-15-20(24)21(25)16-11-13-19(14-12-16)23(17-7-3-1-4-8-17)18-9-5-2-6-10-18/h1-14,20-21,24-25H. The molecule has 2 atom stereocenters. The first-order valence-corrected chi connectivity index (χ1v) is 7.96. The Kier molecular flexibility index (Phi) is 5.10. The highest BCUT2D eigenvalue weighted by Crippen LogP contribution is 2.34. The van der Waals surface area contributed by atoms with Crippen molar-refractivity contribution in [1.82, 2.24) is 0 Å². The van der Waals surface area contributed by atoms with E-state index in [1.165, 1.54) is 0 Å². The average Bonchev–Trinajstić information content (AvgIpc) is 2.69. The van der Waals surface area contributed by atoms with Gasteiger partial charge in [0.15, 0.2) is 6.10 Å². The first-order chi connectivity index (χ1) is 12.2. The molecule has 0 aromatic heterocycles. The predicted octanol–water partition coefficient (Wildman–Crippen LogP) is 4.07. The number of aliphatic hydroxyl groups is 2. The van der Waals surface area contributed by atoms with Crippen LogP contribution in [0.15, 0.2) is 84.9 Å². The van der Waals surface area contributed by atoms with Crippen molar-refractivity contribution in [3.63, 3.8) is 0 Å². The Hall–Kier alpha value is -3.13. The number of hydrogen-bond donors (Lipinski definition) is 2. The Morgan fingerprint density at radius 2 is 1.12 bits per heavy atom. The highest BCUT2D eigenvalue weighted by atomic mass is 16.3. The molecular weight excluding hydrogens is 312 g/mol.